The first-order valence-corrected chi connectivity index (χ1v) is 10.8. The molecule has 2 aromatic carbocycles. The molecule has 1 saturated heterocycles. The van der Waals surface area contributed by atoms with Crippen molar-refractivity contribution in [2.24, 2.45) is 5.92 Å². The van der Waals surface area contributed by atoms with Gasteiger partial charge in [-0.05, 0) is 48.7 Å². The smallest absolute Gasteiger partial charge is 0.321 e. The number of urea groups is 1. The summed E-state index contributed by atoms with van der Waals surface area (Å²) in [6.07, 6.45) is 2.21. The minimum Gasteiger partial charge on any atom is -0.371 e. The molecule has 0 radical (unpaired) electrons. The van der Waals surface area contributed by atoms with Crippen LogP contribution in [0.5, 0.6) is 0 Å². The number of carbonyl (C=O) groups excluding carboxylic acids is 1. The molecule has 0 aromatic heterocycles. The van der Waals surface area contributed by atoms with Crippen LogP contribution in [0.25, 0.3) is 0 Å². The first-order chi connectivity index (χ1) is 12.8. The van der Waals surface area contributed by atoms with Gasteiger partial charge in [0.2, 0.25) is 0 Å². The summed E-state index contributed by atoms with van der Waals surface area (Å²) >= 11 is 0. The Bertz CT molecular complexity index is 882. The van der Waals surface area contributed by atoms with Crippen LogP contribution in [0, 0.1) is 5.92 Å². The van der Waals surface area contributed by atoms with E-state index in [9.17, 15) is 13.2 Å². The molecule has 1 atom stereocenters. The Labute approximate surface area is 160 Å². The standard InChI is InChI=1S/C20H25N3O3S/c1-22(14-16-12-13-23(15-16)18-6-4-3-5-7-18)20(24)21-17-8-10-19(11-9-17)27(2,25)26/h3-11,16H,12-15H2,1-2H3,(H,21,24)/t16-/m0/s1. The summed E-state index contributed by atoms with van der Waals surface area (Å²) in [6, 6.07) is 16.3. The van der Waals surface area contributed by atoms with E-state index in [1.807, 2.05) is 18.2 Å². The van der Waals surface area contributed by atoms with Gasteiger partial charge in [-0.15, -0.1) is 0 Å². The number of benzene rings is 2. The highest BCUT2D eigenvalue weighted by Crippen LogP contribution is 2.24. The molecule has 1 heterocycles. The van der Waals surface area contributed by atoms with E-state index in [2.05, 4.69) is 22.3 Å². The molecular formula is C20H25N3O3S. The van der Waals surface area contributed by atoms with E-state index in [0.29, 0.717) is 18.2 Å². The summed E-state index contributed by atoms with van der Waals surface area (Å²) in [5.74, 6) is 0.425. The van der Waals surface area contributed by atoms with Crippen molar-refractivity contribution in [3.8, 4) is 0 Å². The molecule has 0 unspecified atom stereocenters. The molecule has 2 aromatic rings. The van der Waals surface area contributed by atoms with Gasteiger partial charge >= 0.3 is 6.03 Å². The minimum atomic E-state index is -3.24. The van der Waals surface area contributed by atoms with Gasteiger partial charge in [0, 0.05) is 44.3 Å². The lowest BCUT2D eigenvalue weighted by Gasteiger charge is -2.23. The molecule has 2 amide bonds. The number of hydrogen-bond acceptors (Lipinski definition) is 4. The van der Waals surface area contributed by atoms with E-state index < -0.39 is 9.84 Å². The highest BCUT2D eigenvalue weighted by molar-refractivity contribution is 7.90. The molecule has 0 saturated carbocycles. The fourth-order valence-electron chi connectivity index (χ4n) is 3.33. The van der Waals surface area contributed by atoms with Crippen LogP contribution >= 0.6 is 0 Å². The molecule has 0 aliphatic carbocycles. The number of sulfone groups is 1. The first-order valence-electron chi connectivity index (χ1n) is 8.95. The Morgan fingerprint density at radius 3 is 2.44 bits per heavy atom. The van der Waals surface area contributed by atoms with Gasteiger partial charge in [-0.1, -0.05) is 18.2 Å². The second-order valence-corrected chi connectivity index (χ2v) is 9.06. The van der Waals surface area contributed by atoms with Crippen molar-refractivity contribution in [2.45, 2.75) is 11.3 Å². The van der Waals surface area contributed by atoms with Gasteiger partial charge in [-0.3, -0.25) is 0 Å². The zero-order valence-corrected chi connectivity index (χ0v) is 16.4. The van der Waals surface area contributed by atoms with E-state index >= 15 is 0 Å². The third-order valence-electron chi connectivity index (χ3n) is 4.82. The number of rotatable bonds is 5. The number of nitrogens with zero attached hydrogens (tertiary/aromatic N) is 2. The Balaban J connectivity index is 1.52. The fourth-order valence-corrected chi connectivity index (χ4v) is 3.96. The summed E-state index contributed by atoms with van der Waals surface area (Å²) < 4.78 is 23.0. The normalized spacial score (nSPS) is 17.0. The molecule has 1 aliphatic heterocycles. The molecule has 144 valence electrons. The summed E-state index contributed by atoms with van der Waals surface area (Å²) in [6.45, 7) is 2.61. The maximum absolute atomic E-state index is 12.4. The van der Waals surface area contributed by atoms with Crippen molar-refractivity contribution in [3.05, 3.63) is 54.6 Å². The van der Waals surface area contributed by atoms with E-state index in [1.165, 1.54) is 17.8 Å². The molecule has 0 spiro atoms. The molecule has 1 fully saturated rings. The Morgan fingerprint density at radius 1 is 1.15 bits per heavy atom. The summed E-state index contributed by atoms with van der Waals surface area (Å²) in [5.41, 5.74) is 1.80. The monoisotopic (exact) mass is 387 g/mol. The molecule has 1 aliphatic rings. The van der Waals surface area contributed by atoms with Crippen LogP contribution in [0.3, 0.4) is 0 Å². The van der Waals surface area contributed by atoms with Crippen molar-refractivity contribution < 1.29 is 13.2 Å². The van der Waals surface area contributed by atoms with Crippen molar-refractivity contribution in [1.82, 2.24) is 4.90 Å². The number of amides is 2. The van der Waals surface area contributed by atoms with Gasteiger partial charge in [0.05, 0.1) is 4.90 Å². The molecule has 6 nitrogen and oxygen atoms in total. The highest BCUT2D eigenvalue weighted by atomic mass is 32.2. The Kier molecular flexibility index (Phi) is 5.70. The first kappa shape index (κ1) is 19.2. The number of anilines is 2. The predicted molar refractivity (Wildman–Crippen MR) is 108 cm³/mol. The number of carbonyl (C=O) groups is 1. The lowest BCUT2D eigenvalue weighted by Crippen LogP contribution is -2.36. The van der Waals surface area contributed by atoms with Crippen molar-refractivity contribution in [3.63, 3.8) is 0 Å². The second kappa shape index (κ2) is 8.00. The maximum atomic E-state index is 12.4. The molecule has 0 bridgehead atoms. The third-order valence-corrected chi connectivity index (χ3v) is 5.95. The average molecular weight is 388 g/mol. The average Bonchev–Trinajstić information content (AvgIpc) is 3.10. The van der Waals surface area contributed by atoms with Gasteiger partial charge in [0.25, 0.3) is 0 Å². The number of hydrogen-bond donors (Lipinski definition) is 1. The van der Waals surface area contributed by atoms with E-state index in [4.69, 9.17) is 0 Å². The fraction of sp³-hybridized carbons (Fsp3) is 0.350. The van der Waals surface area contributed by atoms with Gasteiger partial charge in [0.1, 0.15) is 0 Å². The molecule has 27 heavy (non-hydrogen) atoms. The zero-order chi connectivity index (χ0) is 19.4. The molecular weight excluding hydrogens is 362 g/mol. The summed E-state index contributed by atoms with van der Waals surface area (Å²) in [4.78, 5) is 16.7. The molecule has 7 heteroatoms. The zero-order valence-electron chi connectivity index (χ0n) is 15.6. The Morgan fingerprint density at radius 2 is 1.81 bits per heavy atom. The SMILES string of the molecule is CN(C[C@@H]1CCN(c2ccccc2)C1)C(=O)Nc1ccc(S(C)(=O)=O)cc1. The lowest BCUT2D eigenvalue weighted by atomic mass is 10.1. The maximum Gasteiger partial charge on any atom is 0.321 e. The van der Waals surface area contributed by atoms with Crippen LogP contribution in [0.2, 0.25) is 0 Å². The number of nitrogens with one attached hydrogen (secondary N) is 1. The molecule has 1 N–H and O–H groups in total. The van der Waals surface area contributed by atoms with Gasteiger partial charge < -0.3 is 15.1 Å². The second-order valence-electron chi connectivity index (χ2n) is 7.04. The number of para-hydroxylation sites is 1. The van der Waals surface area contributed by atoms with Crippen LogP contribution in [-0.2, 0) is 9.84 Å². The van der Waals surface area contributed by atoms with E-state index in [0.717, 1.165) is 25.8 Å². The van der Waals surface area contributed by atoms with Crippen LogP contribution < -0.4 is 10.2 Å². The quantitative estimate of drug-likeness (QED) is 0.856. The predicted octanol–water partition coefficient (Wildman–Crippen LogP) is 3.08. The summed E-state index contributed by atoms with van der Waals surface area (Å²) in [7, 11) is -1.45. The van der Waals surface area contributed by atoms with E-state index in [-0.39, 0.29) is 10.9 Å². The van der Waals surface area contributed by atoms with Crippen molar-refractivity contribution in [2.75, 3.05) is 43.2 Å². The topological polar surface area (TPSA) is 69.7 Å². The van der Waals surface area contributed by atoms with Crippen LogP contribution in [0.15, 0.2) is 59.5 Å². The van der Waals surface area contributed by atoms with Crippen molar-refractivity contribution >= 4 is 27.2 Å². The summed E-state index contributed by atoms with van der Waals surface area (Å²) in [5, 5.41) is 2.82. The molecule has 3 rings (SSSR count). The minimum absolute atomic E-state index is 0.194. The third kappa shape index (κ3) is 5.01. The van der Waals surface area contributed by atoms with Crippen LogP contribution in [-0.4, -0.2) is 52.3 Å². The van der Waals surface area contributed by atoms with Gasteiger partial charge in [-0.25, -0.2) is 13.2 Å². The van der Waals surface area contributed by atoms with E-state index in [1.54, 1.807) is 24.1 Å². The largest absolute Gasteiger partial charge is 0.371 e. The highest BCUT2D eigenvalue weighted by Gasteiger charge is 2.25. The van der Waals surface area contributed by atoms with Gasteiger partial charge in [0.15, 0.2) is 9.84 Å². The van der Waals surface area contributed by atoms with Crippen molar-refractivity contribution in [1.29, 1.82) is 0 Å². The van der Waals surface area contributed by atoms with Gasteiger partial charge in [-0.2, -0.15) is 0 Å². The lowest BCUT2D eigenvalue weighted by molar-refractivity contribution is 0.215. The Hall–Kier alpha value is -2.54. The van der Waals surface area contributed by atoms with Crippen LogP contribution in [0.1, 0.15) is 6.42 Å². The van der Waals surface area contributed by atoms with Crippen LogP contribution in [0.4, 0.5) is 16.2 Å².